The molecule has 0 saturated carbocycles. The first-order valence-electron chi connectivity index (χ1n) is 11.3. The molecule has 2 aliphatic rings. The van der Waals surface area contributed by atoms with E-state index in [2.05, 4.69) is 10.4 Å². The standard InChI is InChI=1S/C24H26N4O4S2/c1-17-7-3-4-8-22(17)28-23(20-15-33(30)16-21(20)26-28)25-24(29)18-9-11-19(12-10-18)34(31,32)27-13-5-2-6-14-27/h3-4,7-12H,2,5-6,13-16H2,1H3,(H,25,29)/t33-/m0/s1. The average molecular weight is 499 g/mol. The summed E-state index contributed by atoms with van der Waals surface area (Å²) in [6, 6.07) is 13.7. The molecule has 178 valence electrons. The topological polar surface area (TPSA) is 101 Å². The molecular formula is C24H26N4O4S2. The van der Waals surface area contributed by atoms with Gasteiger partial charge in [0.05, 0.1) is 27.8 Å². The second kappa shape index (κ2) is 9.09. The van der Waals surface area contributed by atoms with Crippen LogP contribution < -0.4 is 5.32 Å². The number of sulfonamides is 1. The number of piperidine rings is 1. The number of hydrogen-bond donors (Lipinski definition) is 1. The fourth-order valence-electron chi connectivity index (χ4n) is 4.44. The van der Waals surface area contributed by atoms with Crippen LogP contribution in [0.5, 0.6) is 0 Å². The van der Waals surface area contributed by atoms with Crippen molar-refractivity contribution in [1.82, 2.24) is 14.1 Å². The van der Waals surface area contributed by atoms with Gasteiger partial charge in [-0.25, -0.2) is 13.1 Å². The van der Waals surface area contributed by atoms with Crippen LogP contribution in [0, 0.1) is 6.92 Å². The molecule has 1 atom stereocenters. The van der Waals surface area contributed by atoms with Gasteiger partial charge in [0, 0.05) is 35.0 Å². The van der Waals surface area contributed by atoms with Crippen LogP contribution in [-0.4, -0.2) is 45.7 Å². The molecule has 2 aliphatic heterocycles. The van der Waals surface area contributed by atoms with Crippen LogP contribution >= 0.6 is 0 Å². The van der Waals surface area contributed by atoms with Gasteiger partial charge in [-0.05, 0) is 55.7 Å². The summed E-state index contributed by atoms with van der Waals surface area (Å²) in [5, 5.41) is 7.58. The van der Waals surface area contributed by atoms with Crippen molar-refractivity contribution in [3.63, 3.8) is 0 Å². The lowest BCUT2D eigenvalue weighted by molar-refractivity contribution is 0.102. The van der Waals surface area contributed by atoms with Gasteiger partial charge in [-0.1, -0.05) is 24.6 Å². The summed E-state index contributed by atoms with van der Waals surface area (Å²) >= 11 is 0. The Morgan fingerprint density at radius 3 is 2.41 bits per heavy atom. The highest BCUT2D eigenvalue weighted by molar-refractivity contribution is 7.89. The molecule has 5 rings (SSSR count). The second-order valence-electron chi connectivity index (χ2n) is 8.64. The van der Waals surface area contributed by atoms with Gasteiger partial charge in [-0.15, -0.1) is 0 Å². The van der Waals surface area contributed by atoms with Crippen LogP contribution in [0.25, 0.3) is 5.69 Å². The molecule has 0 radical (unpaired) electrons. The largest absolute Gasteiger partial charge is 0.306 e. The first kappa shape index (κ1) is 22.9. The van der Waals surface area contributed by atoms with E-state index in [1.54, 1.807) is 4.68 Å². The van der Waals surface area contributed by atoms with Crippen molar-refractivity contribution in [3.05, 3.63) is 70.9 Å². The van der Waals surface area contributed by atoms with Crippen molar-refractivity contribution in [2.75, 3.05) is 18.4 Å². The van der Waals surface area contributed by atoms with Crippen molar-refractivity contribution < 1.29 is 17.4 Å². The second-order valence-corrected chi connectivity index (χ2v) is 12.0. The van der Waals surface area contributed by atoms with Gasteiger partial charge in [-0.2, -0.15) is 9.40 Å². The molecule has 3 aromatic rings. The van der Waals surface area contributed by atoms with Crippen molar-refractivity contribution in [2.24, 2.45) is 0 Å². The van der Waals surface area contributed by atoms with E-state index in [1.165, 1.54) is 28.6 Å². The number of amides is 1. The van der Waals surface area contributed by atoms with Gasteiger partial charge in [0.1, 0.15) is 5.82 Å². The number of aromatic nitrogens is 2. The highest BCUT2D eigenvalue weighted by Crippen LogP contribution is 2.32. The number of benzene rings is 2. The minimum Gasteiger partial charge on any atom is -0.306 e. The maximum Gasteiger partial charge on any atom is 0.256 e. The van der Waals surface area contributed by atoms with E-state index in [0.29, 0.717) is 36.0 Å². The van der Waals surface area contributed by atoms with Gasteiger partial charge in [-0.3, -0.25) is 9.00 Å². The number of carbonyl (C=O) groups excluding carboxylic acids is 1. The number of anilines is 1. The summed E-state index contributed by atoms with van der Waals surface area (Å²) in [6.45, 7) is 3.02. The van der Waals surface area contributed by atoms with Crippen LogP contribution in [0.15, 0.2) is 53.4 Å². The number of hydrogen-bond acceptors (Lipinski definition) is 5. The van der Waals surface area contributed by atoms with E-state index in [4.69, 9.17) is 0 Å². The lowest BCUT2D eigenvalue weighted by Crippen LogP contribution is -2.35. The Morgan fingerprint density at radius 1 is 1.00 bits per heavy atom. The molecule has 10 heteroatoms. The molecule has 0 spiro atoms. The lowest BCUT2D eigenvalue weighted by atomic mass is 10.2. The number of rotatable bonds is 5. The molecular weight excluding hydrogens is 472 g/mol. The average Bonchev–Trinajstić information content (AvgIpc) is 3.36. The number of nitrogens with zero attached hydrogens (tertiary/aromatic N) is 3. The molecule has 0 unspecified atom stereocenters. The third-order valence-corrected chi connectivity index (χ3v) is 9.43. The Morgan fingerprint density at radius 2 is 1.71 bits per heavy atom. The zero-order valence-electron chi connectivity index (χ0n) is 18.9. The fourth-order valence-corrected chi connectivity index (χ4v) is 7.23. The van der Waals surface area contributed by atoms with Gasteiger partial charge < -0.3 is 5.32 Å². The third-order valence-electron chi connectivity index (χ3n) is 6.31. The molecule has 1 N–H and O–H groups in total. The normalized spacial score (nSPS) is 18.6. The van der Waals surface area contributed by atoms with E-state index in [9.17, 15) is 17.4 Å². The van der Waals surface area contributed by atoms with Gasteiger partial charge in [0.15, 0.2) is 0 Å². The Balaban J connectivity index is 1.43. The zero-order chi connectivity index (χ0) is 23.9. The minimum atomic E-state index is -3.56. The van der Waals surface area contributed by atoms with E-state index in [1.807, 2.05) is 31.2 Å². The van der Waals surface area contributed by atoms with Crippen LogP contribution in [-0.2, 0) is 32.3 Å². The van der Waals surface area contributed by atoms with Crippen LogP contribution in [0.1, 0.15) is 46.4 Å². The van der Waals surface area contributed by atoms with Crippen molar-refractivity contribution in [3.8, 4) is 5.69 Å². The first-order valence-corrected chi connectivity index (χ1v) is 14.2. The van der Waals surface area contributed by atoms with Crippen molar-refractivity contribution in [1.29, 1.82) is 0 Å². The van der Waals surface area contributed by atoms with Crippen molar-refractivity contribution in [2.45, 2.75) is 42.6 Å². The lowest BCUT2D eigenvalue weighted by Gasteiger charge is -2.25. The first-order chi connectivity index (χ1) is 16.3. The molecule has 3 heterocycles. The number of carbonyl (C=O) groups is 1. The Bertz CT molecular complexity index is 1370. The molecule has 1 aromatic heterocycles. The Kier molecular flexibility index (Phi) is 6.13. The van der Waals surface area contributed by atoms with Gasteiger partial charge in [0.25, 0.3) is 5.91 Å². The predicted octanol–water partition coefficient (Wildman–Crippen LogP) is 3.37. The number of fused-ring (bicyclic) bond motifs is 1. The van der Waals surface area contributed by atoms with Crippen LogP contribution in [0.4, 0.5) is 5.82 Å². The van der Waals surface area contributed by atoms with E-state index in [0.717, 1.165) is 41.8 Å². The summed E-state index contributed by atoms with van der Waals surface area (Å²) in [5.41, 5.74) is 3.66. The molecule has 8 nitrogen and oxygen atoms in total. The molecule has 0 aliphatic carbocycles. The Labute approximate surface area is 201 Å². The summed E-state index contributed by atoms with van der Waals surface area (Å²) in [4.78, 5) is 13.3. The number of nitrogens with one attached hydrogen (secondary N) is 1. The number of para-hydroxylation sites is 1. The molecule has 0 bridgehead atoms. The molecule has 2 aromatic carbocycles. The highest BCUT2D eigenvalue weighted by Gasteiger charge is 2.29. The smallest absolute Gasteiger partial charge is 0.256 e. The number of aryl methyl sites for hydroxylation is 1. The van der Waals surface area contributed by atoms with Crippen LogP contribution in [0.3, 0.4) is 0 Å². The predicted molar refractivity (Wildman–Crippen MR) is 131 cm³/mol. The van der Waals surface area contributed by atoms with Crippen LogP contribution in [0.2, 0.25) is 0 Å². The molecule has 1 amide bonds. The molecule has 1 fully saturated rings. The fraction of sp³-hybridized carbons (Fsp3) is 0.333. The molecule has 34 heavy (non-hydrogen) atoms. The van der Waals surface area contributed by atoms with Crippen molar-refractivity contribution >= 4 is 32.5 Å². The monoisotopic (exact) mass is 498 g/mol. The maximum absolute atomic E-state index is 13.1. The van der Waals surface area contributed by atoms with E-state index in [-0.39, 0.29) is 10.8 Å². The summed E-state index contributed by atoms with van der Waals surface area (Å²) in [5.74, 6) is 0.826. The highest BCUT2D eigenvalue weighted by atomic mass is 32.2. The summed E-state index contributed by atoms with van der Waals surface area (Å²) < 4.78 is 41.1. The minimum absolute atomic E-state index is 0.187. The quantitative estimate of drug-likeness (QED) is 0.581. The van der Waals surface area contributed by atoms with Gasteiger partial charge in [0.2, 0.25) is 10.0 Å². The Hall–Kier alpha value is -2.82. The van der Waals surface area contributed by atoms with E-state index < -0.39 is 20.8 Å². The zero-order valence-corrected chi connectivity index (χ0v) is 20.5. The van der Waals surface area contributed by atoms with Gasteiger partial charge >= 0.3 is 0 Å². The van der Waals surface area contributed by atoms with E-state index >= 15 is 0 Å². The summed E-state index contributed by atoms with van der Waals surface area (Å²) in [6.07, 6.45) is 2.77. The molecule has 1 saturated heterocycles. The SMILES string of the molecule is Cc1ccccc1-n1nc2c(c1NC(=O)c1ccc(S(=O)(=O)N3CCCCC3)cc1)C[S@](=O)C2. The maximum atomic E-state index is 13.1. The summed E-state index contributed by atoms with van der Waals surface area (Å²) in [7, 11) is -4.60. The third kappa shape index (κ3) is 4.21.